The van der Waals surface area contributed by atoms with Crippen molar-refractivity contribution >= 4 is 21.2 Å². The Kier molecular flexibility index (Phi) is 3.84. The molecule has 1 atom stereocenters. The molecular formula is C12H19N3O3S. The monoisotopic (exact) mass is 285 g/mol. The van der Waals surface area contributed by atoms with Gasteiger partial charge in [-0.1, -0.05) is 0 Å². The maximum atomic E-state index is 11.5. The molecule has 1 N–H and O–H groups in total. The minimum Gasteiger partial charge on any atom is -0.479 e. The Labute approximate surface area is 113 Å². The number of nitrogens with zero attached hydrogens (tertiary/aromatic N) is 2. The lowest BCUT2D eigenvalue weighted by Gasteiger charge is -2.22. The topological polar surface area (TPSA) is 71.5 Å². The van der Waals surface area contributed by atoms with Gasteiger partial charge >= 0.3 is 0 Å². The first-order valence-electron chi connectivity index (χ1n) is 6.10. The maximum absolute atomic E-state index is 11.5. The summed E-state index contributed by atoms with van der Waals surface area (Å²) in [6, 6.07) is 1.79. The van der Waals surface area contributed by atoms with Gasteiger partial charge in [-0.05, 0) is 12.5 Å². The number of ether oxygens (including phenoxy) is 1. The van der Waals surface area contributed by atoms with Crippen molar-refractivity contribution < 1.29 is 13.2 Å². The molecule has 1 aliphatic heterocycles. The fourth-order valence-electron chi connectivity index (χ4n) is 2.21. The number of pyridine rings is 1. The zero-order chi connectivity index (χ0) is 14.0. The van der Waals surface area contributed by atoms with Crippen LogP contribution in [0.25, 0.3) is 0 Å². The quantitative estimate of drug-likeness (QED) is 0.880. The number of methoxy groups -OCH3 is 1. The molecule has 106 valence electrons. The van der Waals surface area contributed by atoms with Gasteiger partial charge in [0, 0.05) is 26.3 Å². The zero-order valence-electron chi connectivity index (χ0n) is 11.4. The molecule has 1 aromatic heterocycles. The highest BCUT2D eigenvalue weighted by atomic mass is 32.2. The molecule has 6 nitrogen and oxygen atoms in total. The van der Waals surface area contributed by atoms with Crippen LogP contribution in [0.3, 0.4) is 0 Å². The molecule has 1 aromatic rings. The van der Waals surface area contributed by atoms with Crippen molar-refractivity contribution in [3.05, 3.63) is 12.3 Å². The molecule has 1 fully saturated rings. The van der Waals surface area contributed by atoms with Gasteiger partial charge in [0.1, 0.15) is 5.69 Å². The summed E-state index contributed by atoms with van der Waals surface area (Å²) in [5, 5.41) is 3.26. The van der Waals surface area contributed by atoms with Gasteiger partial charge in [-0.2, -0.15) is 0 Å². The molecule has 0 bridgehead atoms. The molecule has 0 spiro atoms. The SMILES string of the molecule is COc1nccc(N(C)C)c1NC1CCS(=O)(=O)C1. The van der Waals surface area contributed by atoms with E-state index >= 15 is 0 Å². The first-order chi connectivity index (χ1) is 8.93. The van der Waals surface area contributed by atoms with Gasteiger partial charge in [-0.15, -0.1) is 0 Å². The summed E-state index contributed by atoms with van der Waals surface area (Å²) in [6.07, 6.45) is 2.29. The smallest absolute Gasteiger partial charge is 0.239 e. The molecule has 19 heavy (non-hydrogen) atoms. The minimum absolute atomic E-state index is 0.0817. The second-order valence-electron chi connectivity index (χ2n) is 4.85. The van der Waals surface area contributed by atoms with Crippen LogP contribution in [0.4, 0.5) is 11.4 Å². The van der Waals surface area contributed by atoms with Crippen LogP contribution >= 0.6 is 0 Å². The molecule has 1 saturated heterocycles. The summed E-state index contributed by atoms with van der Waals surface area (Å²) in [4.78, 5) is 6.10. The van der Waals surface area contributed by atoms with Crippen molar-refractivity contribution in [2.24, 2.45) is 0 Å². The van der Waals surface area contributed by atoms with E-state index in [1.807, 2.05) is 25.1 Å². The van der Waals surface area contributed by atoms with E-state index in [0.717, 1.165) is 11.4 Å². The highest BCUT2D eigenvalue weighted by molar-refractivity contribution is 7.91. The summed E-state index contributed by atoms with van der Waals surface area (Å²) in [7, 11) is 2.49. The fraction of sp³-hybridized carbons (Fsp3) is 0.583. The lowest BCUT2D eigenvalue weighted by atomic mass is 10.2. The molecule has 1 aliphatic rings. The van der Waals surface area contributed by atoms with Crippen molar-refractivity contribution in [3.63, 3.8) is 0 Å². The molecule has 0 radical (unpaired) electrons. The van der Waals surface area contributed by atoms with Crippen LogP contribution in [0.5, 0.6) is 5.88 Å². The molecule has 7 heteroatoms. The van der Waals surface area contributed by atoms with E-state index in [1.54, 1.807) is 13.3 Å². The largest absolute Gasteiger partial charge is 0.479 e. The summed E-state index contributed by atoms with van der Waals surface area (Å²) < 4.78 is 28.3. The Morgan fingerprint density at radius 3 is 2.74 bits per heavy atom. The third-order valence-corrected chi connectivity index (χ3v) is 4.92. The van der Waals surface area contributed by atoms with Gasteiger partial charge in [0.25, 0.3) is 0 Å². The van der Waals surface area contributed by atoms with E-state index in [0.29, 0.717) is 12.3 Å². The predicted molar refractivity (Wildman–Crippen MR) is 75.8 cm³/mol. The number of hydrogen-bond acceptors (Lipinski definition) is 6. The highest BCUT2D eigenvalue weighted by Crippen LogP contribution is 2.33. The third kappa shape index (κ3) is 3.09. The average Bonchev–Trinajstić information content (AvgIpc) is 2.68. The zero-order valence-corrected chi connectivity index (χ0v) is 12.2. The Hall–Kier alpha value is -1.50. The van der Waals surface area contributed by atoms with E-state index in [2.05, 4.69) is 10.3 Å². The van der Waals surface area contributed by atoms with Gasteiger partial charge in [-0.25, -0.2) is 13.4 Å². The Morgan fingerprint density at radius 2 is 2.21 bits per heavy atom. The molecule has 0 aromatic carbocycles. The highest BCUT2D eigenvalue weighted by Gasteiger charge is 2.29. The number of sulfone groups is 1. The van der Waals surface area contributed by atoms with Crippen molar-refractivity contribution in [3.8, 4) is 5.88 Å². The molecule has 0 aliphatic carbocycles. The van der Waals surface area contributed by atoms with Crippen molar-refractivity contribution in [2.75, 3.05) is 42.9 Å². The van der Waals surface area contributed by atoms with Gasteiger partial charge in [0.15, 0.2) is 9.84 Å². The van der Waals surface area contributed by atoms with Crippen LogP contribution in [-0.4, -0.2) is 52.2 Å². The van der Waals surface area contributed by atoms with E-state index in [9.17, 15) is 8.42 Å². The van der Waals surface area contributed by atoms with Crippen LogP contribution < -0.4 is 15.0 Å². The normalized spacial score (nSPS) is 21.1. The van der Waals surface area contributed by atoms with E-state index in [1.165, 1.54) is 0 Å². The van der Waals surface area contributed by atoms with Crippen molar-refractivity contribution in [1.29, 1.82) is 0 Å². The van der Waals surface area contributed by atoms with Gasteiger partial charge in [0.05, 0.1) is 24.3 Å². The standard InChI is InChI=1S/C12H19N3O3S/c1-15(2)10-4-6-13-12(18-3)11(10)14-9-5-7-19(16,17)8-9/h4,6,9,14H,5,7-8H2,1-3H3. The Bertz CT molecular complexity index is 557. The summed E-state index contributed by atoms with van der Waals surface area (Å²) in [5.41, 5.74) is 1.67. The van der Waals surface area contributed by atoms with Gasteiger partial charge < -0.3 is 15.0 Å². The third-order valence-electron chi connectivity index (χ3n) is 3.15. The number of nitrogens with one attached hydrogen (secondary N) is 1. The fourth-order valence-corrected chi connectivity index (χ4v) is 3.88. The van der Waals surface area contributed by atoms with Crippen LogP contribution in [0.15, 0.2) is 12.3 Å². The molecule has 1 unspecified atom stereocenters. The molecular weight excluding hydrogens is 266 g/mol. The van der Waals surface area contributed by atoms with Crippen LogP contribution in [0.1, 0.15) is 6.42 Å². The van der Waals surface area contributed by atoms with E-state index in [4.69, 9.17) is 4.74 Å². The predicted octanol–water partition coefficient (Wildman–Crippen LogP) is 0.755. The van der Waals surface area contributed by atoms with Crippen molar-refractivity contribution in [1.82, 2.24) is 4.98 Å². The van der Waals surface area contributed by atoms with Crippen LogP contribution in [-0.2, 0) is 9.84 Å². The number of anilines is 2. The summed E-state index contributed by atoms with van der Waals surface area (Å²) >= 11 is 0. The average molecular weight is 285 g/mol. The first kappa shape index (κ1) is 13.9. The van der Waals surface area contributed by atoms with Gasteiger partial charge in [-0.3, -0.25) is 0 Å². The molecule has 2 rings (SSSR count). The Morgan fingerprint density at radius 1 is 1.47 bits per heavy atom. The first-order valence-corrected chi connectivity index (χ1v) is 7.92. The lowest BCUT2D eigenvalue weighted by Crippen LogP contribution is -2.23. The summed E-state index contributed by atoms with van der Waals surface area (Å²) in [5.74, 6) is 0.887. The number of hydrogen-bond donors (Lipinski definition) is 1. The van der Waals surface area contributed by atoms with Gasteiger partial charge in [0.2, 0.25) is 5.88 Å². The van der Waals surface area contributed by atoms with E-state index < -0.39 is 9.84 Å². The summed E-state index contributed by atoms with van der Waals surface area (Å²) in [6.45, 7) is 0. The Balaban J connectivity index is 2.28. The number of aromatic nitrogens is 1. The van der Waals surface area contributed by atoms with Crippen LogP contribution in [0, 0.1) is 0 Å². The molecule has 2 heterocycles. The number of rotatable bonds is 4. The van der Waals surface area contributed by atoms with Crippen LogP contribution in [0.2, 0.25) is 0 Å². The molecule has 0 saturated carbocycles. The van der Waals surface area contributed by atoms with E-state index in [-0.39, 0.29) is 17.5 Å². The maximum Gasteiger partial charge on any atom is 0.239 e. The second-order valence-corrected chi connectivity index (χ2v) is 7.08. The second kappa shape index (κ2) is 5.24. The molecule has 0 amide bonds. The lowest BCUT2D eigenvalue weighted by molar-refractivity contribution is 0.399. The minimum atomic E-state index is -2.91. The van der Waals surface area contributed by atoms with Crippen molar-refractivity contribution in [2.45, 2.75) is 12.5 Å².